The number of piperidine rings is 1. The van der Waals surface area contributed by atoms with Crippen LogP contribution >= 0.6 is 0 Å². The Morgan fingerprint density at radius 2 is 1.70 bits per heavy atom. The summed E-state index contributed by atoms with van der Waals surface area (Å²) in [5, 5.41) is 0. The maximum absolute atomic E-state index is 12.8. The number of nitrogens with zero attached hydrogens (tertiary/aromatic N) is 2. The second kappa shape index (κ2) is 7.55. The highest BCUT2D eigenvalue weighted by molar-refractivity contribution is 5.80. The van der Waals surface area contributed by atoms with E-state index in [-0.39, 0.29) is 11.8 Å². The van der Waals surface area contributed by atoms with Crippen LogP contribution in [-0.4, -0.2) is 41.2 Å². The number of likely N-dealkylation sites (tertiary alicyclic amines) is 2. The predicted molar refractivity (Wildman–Crippen MR) is 105 cm³/mol. The van der Waals surface area contributed by atoms with Crippen molar-refractivity contribution in [1.82, 2.24) is 9.80 Å². The lowest BCUT2D eigenvalue weighted by Crippen LogP contribution is -2.43. The third-order valence-electron chi connectivity index (χ3n) is 5.83. The van der Waals surface area contributed by atoms with Crippen molar-refractivity contribution in [1.29, 1.82) is 0 Å². The van der Waals surface area contributed by atoms with Gasteiger partial charge in [-0.3, -0.25) is 9.59 Å². The average molecular weight is 362 g/mol. The standard InChI is InChI=1S/C23H26N2O2/c1-17-6-5-9-19(10-17)11-22(26)25-14-20-12-23(27)24(15-21(20)16-25)13-18-7-3-2-4-8-18/h2-10,20-21H,11-16H2,1H3/t20-,21+/m0/s1. The Kier molecular flexibility index (Phi) is 4.97. The van der Waals surface area contributed by atoms with E-state index in [0.29, 0.717) is 31.2 Å². The molecule has 27 heavy (non-hydrogen) atoms. The molecule has 2 aliphatic heterocycles. The first-order chi connectivity index (χ1) is 13.1. The molecule has 4 heteroatoms. The van der Waals surface area contributed by atoms with Crippen LogP contribution in [0.25, 0.3) is 0 Å². The number of hydrogen-bond acceptors (Lipinski definition) is 2. The quantitative estimate of drug-likeness (QED) is 0.839. The van der Waals surface area contributed by atoms with Gasteiger partial charge in [0.1, 0.15) is 0 Å². The largest absolute Gasteiger partial charge is 0.342 e. The Morgan fingerprint density at radius 3 is 2.48 bits per heavy atom. The minimum absolute atomic E-state index is 0.178. The van der Waals surface area contributed by atoms with E-state index in [1.165, 1.54) is 5.56 Å². The van der Waals surface area contributed by atoms with E-state index in [9.17, 15) is 9.59 Å². The van der Waals surface area contributed by atoms with Gasteiger partial charge in [0.05, 0.1) is 6.42 Å². The molecule has 0 unspecified atom stereocenters. The van der Waals surface area contributed by atoms with Crippen molar-refractivity contribution >= 4 is 11.8 Å². The highest BCUT2D eigenvalue weighted by Gasteiger charge is 2.41. The number of fused-ring (bicyclic) bond motifs is 1. The molecule has 0 bridgehead atoms. The molecule has 0 spiro atoms. The molecule has 0 N–H and O–H groups in total. The Balaban J connectivity index is 1.38. The van der Waals surface area contributed by atoms with Crippen LogP contribution in [0.3, 0.4) is 0 Å². The van der Waals surface area contributed by atoms with Crippen molar-refractivity contribution in [3.8, 4) is 0 Å². The van der Waals surface area contributed by atoms with Crippen LogP contribution in [-0.2, 0) is 22.6 Å². The van der Waals surface area contributed by atoms with Crippen molar-refractivity contribution in [2.45, 2.75) is 26.3 Å². The number of benzene rings is 2. The third-order valence-corrected chi connectivity index (χ3v) is 5.83. The van der Waals surface area contributed by atoms with Crippen LogP contribution in [0.4, 0.5) is 0 Å². The molecule has 2 aliphatic rings. The lowest BCUT2D eigenvalue weighted by molar-refractivity contribution is -0.137. The van der Waals surface area contributed by atoms with Crippen LogP contribution in [0.1, 0.15) is 23.1 Å². The fourth-order valence-corrected chi connectivity index (χ4v) is 4.38. The maximum atomic E-state index is 12.8. The van der Waals surface area contributed by atoms with Crippen LogP contribution in [0, 0.1) is 18.8 Å². The number of hydrogen-bond donors (Lipinski definition) is 0. The average Bonchev–Trinajstić information content (AvgIpc) is 3.06. The van der Waals surface area contributed by atoms with E-state index in [2.05, 4.69) is 18.2 Å². The highest BCUT2D eigenvalue weighted by Crippen LogP contribution is 2.32. The number of amides is 2. The molecular formula is C23H26N2O2. The summed E-state index contributed by atoms with van der Waals surface area (Å²) in [7, 11) is 0. The smallest absolute Gasteiger partial charge is 0.227 e. The van der Waals surface area contributed by atoms with Gasteiger partial charge < -0.3 is 9.80 Å². The second-order valence-electron chi connectivity index (χ2n) is 7.95. The van der Waals surface area contributed by atoms with Gasteiger partial charge >= 0.3 is 0 Å². The highest BCUT2D eigenvalue weighted by atomic mass is 16.2. The van der Waals surface area contributed by atoms with E-state index >= 15 is 0 Å². The summed E-state index contributed by atoms with van der Waals surface area (Å²) in [4.78, 5) is 29.3. The first-order valence-corrected chi connectivity index (χ1v) is 9.73. The van der Waals surface area contributed by atoms with E-state index in [1.54, 1.807) is 0 Å². The molecular weight excluding hydrogens is 336 g/mol. The number of rotatable bonds is 4. The van der Waals surface area contributed by atoms with Crippen molar-refractivity contribution in [3.05, 3.63) is 71.3 Å². The third kappa shape index (κ3) is 4.05. The summed E-state index contributed by atoms with van der Waals surface area (Å²) in [6.07, 6.45) is 1.01. The molecule has 2 aromatic rings. The minimum atomic E-state index is 0.178. The summed E-state index contributed by atoms with van der Waals surface area (Å²) in [5.74, 6) is 1.10. The van der Waals surface area contributed by atoms with Crippen LogP contribution in [0.2, 0.25) is 0 Å². The summed E-state index contributed by atoms with van der Waals surface area (Å²) in [6, 6.07) is 18.3. The summed E-state index contributed by atoms with van der Waals surface area (Å²) < 4.78 is 0. The van der Waals surface area contributed by atoms with Gasteiger partial charge in [-0.2, -0.15) is 0 Å². The van der Waals surface area contributed by atoms with Crippen molar-refractivity contribution in [2.24, 2.45) is 11.8 Å². The van der Waals surface area contributed by atoms with Gasteiger partial charge in [0.15, 0.2) is 0 Å². The normalized spacial score (nSPS) is 22.0. The van der Waals surface area contributed by atoms with Gasteiger partial charge in [0.2, 0.25) is 11.8 Å². The molecule has 2 amide bonds. The van der Waals surface area contributed by atoms with Gasteiger partial charge in [-0.05, 0) is 29.9 Å². The summed E-state index contributed by atoms with van der Waals surface area (Å²) in [5.41, 5.74) is 3.41. The van der Waals surface area contributed by atoms with Gasteiger partial charge in [-0.15, -0.1) is 0 Å². The molecule has 2 saturated heterocycles. The topological polar surface area (TPSA) is 40.6 Å². The molecule has 0 aliphatic carbocycles. The van der Waals surface area contributed by atoms with E-state index < -0.39 is 0 Å². The monoisotopic (exact) mass is 362 g/mol. The van der Waals surface area contributed by atoms with Crippen LogP contribution in [0.5, 0.6) is 0 Å². The fraction of sp³-hybridized carbons (Fsp3) is 0.391. The fourth-order valence-electron chi connectivity index (χ4n) is 4.38. The minimum Gasteiger partial charge on any atom is -0.342 e. The molecule has 0 saturated carbocycles. The van der Waals surface area contributed by atoms with Crippen LogP contribution in [0.15, 0.2) is 54.6 Å². The number of carbonyl (C=O) groups is 2. The first-order valence-electron chi connectivity index (χ1n) is 9.73. The zero-order valence-corrected chi connectivity index (χ0v) is 15.8. The maximum Gasteiger partial charge on any atom is 0.227 e. The Hall–Kier alpha value is -2.62. The molecule has 0 aromatic heterocycles. The molecule has 140 valence electrons. The lowest BCUT2D eigenvalue weighted by Gasteiger charge is -2.34. The molecule has 2 fully saturated rings. The molecule has 4 nitrogen and oxygen atoms in total. The Morgan fingerprint density at radius 1 is 0.963 bits per heavy atom. The molecule has 2 aromatic carbocycles. The molecule has 0 radical (unpaired) electrons. The summed E-state index contributed by atoms with van der Waals surface area (Å²) >= 11 is 0. The molecule has 2 heterocycles. The lowest BCUT2D eigenvalue weighted by atomic mass is 9.88. The van der Waals surface area contributed by atoms with Crippen LogP contribution < -0.4 is 0 Å². The van der Waals surface area contributed by atoms with E-state index in [1.807, 2.05) is 53.1 Å². The van der Waals surface area contributed by atoms with Gasteiger partial charge in [-0.1, -0.05) is 60.2 Å². The van der Waals surface area contributed by atoms with Crippen molar-refractivity contribution in [3.63, 3.8) is 0 Å². The van der Waals surface area contributed by atoms with Crippen molar-refractivity contribution in [2.75, 3.05) is 19.6 Å². The predicted octanol–water partition coefficient (Wildman–Crippen LogP) is 3.04. The van der Waals surface area contributed by atoms with Gasteiger partial charge in [-0.25, -0.2) is 0 Å². The zero-order chi connectivity index (χ0) is 18.8. The first kappa shape index (κ1) is 17.8. The second-order valence-corrected chi connectivity index (χ2v) is 7.95. The van der Waals surface area contributed by atoms with Gasteiger partial charge in [0.25, 0.3) is 0 Å². The Bertz CT molecular complexity index is 833. The SMILES string of the molecule is Cc1cccc(CC(=O)N2C[C@H]3CN(Cc4ccccc4)C(=O)C[C@H]3C2)c1. The Labute approximate surface area is 160 Å². The molecule has 2 atom stereocenters. The summed E-state index contributed by atoms with van der Waals surface area (Å²) in [6.45, 7) is 4.96. The zero-order valence-electron chi connectivity index (χ0n) is 15.8. The van der Waals surface area contributed by atoms with Gasteiger partial charge in [0, 0.05) is 32.6 Å². The number of aryl methyl sites for hydroxylation is 1. The van der Waals surface area contributed by atoms with E-state index in [0.717, 1.165) is 30.8 Å². The number of carbonyl (C=O) groups excluding carboxylic acids is 2. The molecule has 4 rings (SSSR count). The van der Waals surface area contributed by atoms with Crippen molar-refractivity contribution < 1.29 is 9.59 Å². The van der Waals surface area contributed by atoms with E-state index in [4.69, 9.17) is 0 Å².